The Morgan fingerprint density at radius 1 is 1.10 bits per heavy atom. The fourth-order valence-electron chi connectivity index (χ4n) is 3.89. The Bertz CT molecular complexity index is 1050. The van der Waals surface area contributed by atoms with Crippen LogP contribution in [-0.2, 0) is 0 Å². The largest absolute Gasteiger partial charge is 0.507 e. The predicted molar refractivity (Wildman–Crippen MR) is 112 cm³/mol. The Kier molecular flexibility index (Phi) is 5.45. The lowest BCUT2D eigenvalue weighted by atomic mass is 10.0. The average molecular weight is 395 g/mol. The Labute approximate surface area is 169 Å². The van der Waals surface area contributed by atoms with Crippen molar-refractivity contribution in [3.63, 3.8) is 0 Å². The molecule has 1 aromatic heterocycles. The van der Waals surface area contributed by atoms with Crippen molar-refractivity contribution in [2.24, 2.45) is 0 Å². The normalized spacial score (nSPS) is 16.0. The lowest BCUT2D eigenvalue weighted by molar-refractivity contribution is 0.125. The van der Waals surface area contributed by atoms with E-state index in [1.54, 1.807) is 24.3 Å². The van der Waals surface area contributed by atoms with Gasteiger partial charge in [0, 0.05) is 18.2 Å². The summed E-state index contributed by atoms with van der Waals surface area (Å²) < 4.78 is 11.3. The molecular formula is C23H25NO5. The summed E-state index contributed by atoms with van der Waals surface area (Å²) in [6.07, 6.45) is 3.68. The average Bonchev–Trinajstić information content (AvgIpc) is 2.73. The lowest BCUT2D eigenvalue weighted by Gasteiger charge is -2.32. The summed E-state index contributed by atoms with van der Waals surface area (Å²) in [5.41, 5.74) is -0.0243. The molecule has 1 atom stereocenters. The standard InChI is InChI=1S/C23H25NO5/c1-15(24-10-6-3-7-11-24)14-28-17-12-18(25)21-19(13-17)29-23(27)20(22(21)26)16-8-4-2-5-9-16/h2,4-5,8-9,12-13,15,25-26H,3,6-7,10-11,14H2,1H3. The molecule has 152 valence electrons. The van der Waals surface area contributed by atoms with Crippen molar-refractivity contribution in [1.29, 1.82) is 0 Å². The molecule has 1 unspecified atom stereocenters. The van der Waals surface area contributed by atoms with Gasteiger partial charge in [-0.3, -0.25) is 4.90 Å². The third-order valence-corrected chi connectivity index (χ3v) is 5.50. The number of piperidine rings is 1. The van der Waals surface area contributed by atoms with E-state index in [4.69, 9.17) is 9.15 Å². The molecule has 1 fully saturated rings. The smallest absolute Gasteiger partial charge is 0.347 e. The third kappa shape index (κ3) is 3.93. The van der Waals surface area contributed by atoms with Gasteiger partial charge in [0.2, 0.25) is 0 Å². The Morgan fingerprint density at radius 2 is 1.83 bits per heavy atom. The summed E-state index contributed by atoms with van der Waals surface area (Å²) >= 11 is 0. The van der Waals surface area contributed by atoms with Gasteiger partial charge in [-0.2, -0.15) is 0 Å². The summed E-state index contributed by atoms with van der Waals surface area (Å²) in [4.78, 5) is 14.9. The second kappa shape index (κ2) is 8.17. The van der Waals surface area contributed by atoms with Gasteiger partial charge < -0.3 is 19.4 Å². The van der Waals surface area contributed by atoms with Crippen LogP contribution in [0.1, 0.15) is 26.2 Å². The highest BCUT2D eigenvalue weighted by Gasteiger charge is 2.21. The van der Waals surface area contributed by atoms with Crippen LogP contribution in [0.15, 0.2) is 51.7 Å². The number of hydrogen-bond donors (Lipinski definition) is 2. The molecule has 2 aromatic carbocycles. The first-order chi connectivity index (χ1) is 14.0. The molecule has 3 aromatic rings. The minimum atomic E-state index is -0.667. The number of hydrogen-bond acceptors (Lipinski definition) is 6. The summed E-state index contributed by atoms with van der Waals surface area (Å²) in [5.74, 6) is -0.0939. The van der Waals surface area contributed by atoms with Crippen molar-refractivity contribution < 1.29 is 19.4 Å². The molecule has 2 N–H and O–H groups in total. The molecule has 6 heteroatoms. The number of phenolic OH excluding ortho intramolecular Hbond substituents is 1. The van der Waals surface area contributed by atoms with Crippen LogP contribution >= 0.6 is 0 Å². The zero-order valence-electron chi connectivity index (χ0n) is 16.4. The highest BCUT2D eigenvalue weighted by Crippen LogP contribution is 2.40. The van der Waals surface area contributed by atoms with Gasteiger partial charge in [-0.1, -0.05) is 36.8 Å². The predicted octanol–water partition coefficient (Wildman–Crippen LogP) is 4.12. The maximum atomic E-state index is 12.5. The minimum Gasteiger partial charge on any atom is -0.507 e. The summed E-state index contributed by atoms with van der Waals surface area (Å²) in [6.45, 7) is 4.71. The lowest BCUT2D eigenvalue weighted by Crippen LogP contribution is -2.40. The molecule has 4 rings (SSSR count). The monoisotopic (exact) mass is 395 g/mol. The summed E-state index contributed by atoms with van der Waals surface area (Å²) in [5, 5.41) is 21.3. The number of benzene rings is 2. The van der Waals surface area contributed by atoms with E-state index in [9.17, 15) is 15.0 Å². The van der Waals surface area contributed by atoms with Crippen molar-refractivity contribution in [2.45, 2.75) is 32.2 Å². The molecule has 1 saturated heterocycles. The number of rotatable bonds is 5. The maximum Gasteiger partial charge on any atom is 0.347 e. The highest BCUT2D eigenvalue weighted by atomic mass is 16.5. The SMILES string of the molecule is CC(COc1cc(O)c2c(O)c(-c3ccccc3)c(=O)oc2c1)N1CCCCC1. The quantitative estimate of drug-likeness (QED) is 0.632. The minimum absolute atomic E-state index is 0.0285. The van der Waals surface area contributed by atoms with E-state index in [2.05, 4.69) is 11.8 Å². The zero-order chi connectivity index (χ0) is 20.4. The second-order valence-corrected chi connectivity index (χ2v) is 7.55. The van der Waals surface area contributed by atoms with Crippen LogP contribution in [0.4, 0.5) is 0 Å². The van der Waals surface area contributed by atoms with Gasteiger partial charge in [0.05, 0.1) is 0 Å². The number of aromatic hydroxyl groups is 2. The molecule has 6 nitrogen and oxygen atoms in total. The van der Waals surface area contributed by atoms with Gasteiger partial charge in [0.25, 0.3) is 0 Å². The molecular weight excluding hydrogens is 370 g/mol. The summed E-state index contributed by atoms with van der Waals surface area (Å²) in [6, 6.07) is 12.0. The first-order valence-electron chi connectivity index (χ1n) is 9.99. The maximum absolute atomic E-state index is 12.5. The van der Waals surface area contributed by atoms with Crippen molar-refractivity contribution in [1.82, 2.24) is 4.90 Å². The fraction of sp³-hybridized carbons (Fsp3) is 0.348. The number of likely N-dealkylation sites (tertiary alicyclic amines) is 1. The molecule has 0 spiro atoms. The number of fused-ring (bicyclic) bond motifs is 1. The van der Waals surface area contributed by atoms with Gasteiger partial charge >= 0.3 is 5.63 Å². The number of ether oxygens (including phenoxy) is 1. The van der Waals surface area contributed by atoms with E-state index >= 15 is 0 Å². The van der Waals surface area contributed by atoms with Gasteiger partial charge in [0.1, 0.15) is 40.4 Å². The van der Waals surface area contributed by atoms with Gasteiger partial charge in [-0.15, -0.1) is 0 Å². The van der Waals surface area contributed by atoms with E-state index < -0.39 is 5.63 Å². The molecule has 1 aliphatic rings. The van der Waals surface area contributed by atoms with Crippen LogP contribution in [0.2, 0.25) is 0 Å². The topological polar surface area (TPSA) is 83.1 Å². The molecule has 0 radical (unpaired) electrons. The molecule has 29 heavy (non-hydrogen) atoms. The van der Waals surface area contributed by atoms with E-state index in [1.807, 2.05) is 6.07 Å². The van der Waals surface area contributed by atoms with Crippen LogP contribution < -0.4 is 10.4 Å². The molecule has 0 amide bonds. The van der Waals surface area contributed by atoms with Crippen LogP contribution in [0.5, 0.6) is 17.2 Å². The summed E-state index contributed by atoms with van der Waals surface area (Å²) in [7, 11) is 0. The van der Waals surface area contributed by atoms with Crippen molar-refractivity contribution in [3.05, 3.63) is 52.9 Å². The van der Waals surface area contributed by atoms with Crippen LogP contribution in [0.25, 0.3) is 22.1 Å². The Hall–Kier alpha value is -2.99. The van der Waals surface area contributed by atoms with Gasteiger partial charge in [-0.25, -0.2) is 4.79 Å². The van der Waals surface area contributed by atoms with Crippen molar-refractivity contribution in [2.75, 3.05) is 19.7 Å². The van der Waals surface area contributed by atoms with Crippen molar-refractivity contribution in [3.8, 4) is 28.4 Å². The number of nitrogens with zero attached hydrogens (tertiary/aromatic N) is 1. The van der Waals surface area contributed by atoms with E-state index in [0.29, 0.717) is 17.9 Å². The highest BCUT2D eigenvalue weighted by molar-refractivity contribution is 5.95. The Balaban J connectivity index is 1.63. The molecule has 2 heterocycles. The third-order valence-electron chi connectivity index (χ3n) is 5.50. The van der Waals surface area contributed by atoms with E-state index in [-0.39, 0.29) is 34.1 Å². The molecule has 0 saturated carbocycles. The van der Waals surface area contributed by atoms with E-state index in [0.717, 1.165) is 13.1 Å². The van der Waals surface area contributed by atoms with Crippen LogP contribution in [0.3, 0.4) is 0 Å². The van der Waals surface area contributed by atoms with Gasteiger partial charge in [-0.05, 0) is 38.4 Å². The Morgan fingerprint density at radius 3 is 2.55 bits per heavy atom. The first-order valence-corrected chi connectivity index (χ1v) is 9.99. The molecule has 0 aliphatic carbocycles. The fourth-order valence-corrected chi connectivity index (χ4v) is 3.89. The van der Waals surface area contributed by atoms with Crippen molar-refractivity contribution >= 4 is 11.0 Å². The van der Waals surface area contributed by atoms with Gasteiger partial charge in [0.15, 0.2) is 0 Å². The molecule has 0 bridgehead atoms. The second-order valence-electron chi connectivity index (χ2n) is 7.55. The number of phenols is 1. The van der Waals surface area contributed by atoms with E-state index in [1.165, 1.54) is 31.4 Å². The first kappa shape index (κ1) is 19.3. The van der Waals surface area contributed by atoms with Crippen LogP contribution in [0, 0.1) is 0 Å². The van der Waals surface area contributed by atoms with Crippen LogP contribution in [-0.4, -0.2) is 40.9 Å². The zero-order valence-corrected chi connectivity index (χ0v) is 16.4. The molecule has 1 aliphatic heterocycles.